The van der Waals surface area contributed by atoms with Crippen LogP contribution in [0, 0.1) is 6.92 Å². The van der Waals surface area contributed by atoms with Gasteiger partial charge in [0.05, 0.1) is 0 Å². The standard InChI is InChI=1S/C13H20N2O2/c1-10(15-7-5-14-6-8-15)9-12(16)13-4-3-11(2)17-13/h3-4,10,14H,5-9H2,1-2H3. The van der Waals surface area contributed by atoms with Gasteiger partial charge in [-0.2, -0.15) is 0 Å². The van der Waals surface area contributed by atoms with Crippen LogP contribution in [0.2, 0.25) is 0 Å². The highest BCUT2D eigenvalue weighted by molar-refractivity contribution is 5.93. The fourth-order valence-electron chi connectivity index (χ4n) is 2.21. The molecule has 1 aromatic rings. The number of hydrogen-bond donors (Lipinski definition) is 1. The molecule has 0 saturated carbocycles. The molecule has 94 valence electrons. The molecule has 4 heteroatoms. The van der Waals surface area contributed by atoms with Gasteiger partial charge in [0.15, 0.2) is 11.5 Å². The van der Waals surface area contributed by atoms with Crippen molar-refractivity contribution in [2.45, 2.75) is 26.3 Å². The molecule has 0 aliphatic carbocycles. The van der Waals surface area contributed by atoms with Crippen molar-refractivity contribution in [3.63, 3.8) is 0 Å². The van der Waals surface area contributed by atoms with E-state index in [9.17, 15) is 4.79 Å². The lowest BCUT2D eigenvalue weighted by molar-refractivity contribution is 0.0890. The number of rotatable bonds is 4. The second-order valence-corrected chi connectivity index (χ2v) is 4.67. The first-order valence-corrected chi connectivity index (χ1v) is 6.21. The summed E-state index contributed by atoms with van der Waals surface area (Å²) in [7, 11) is 0. The van der Waals surface area contributed by atoms with E-state index in [-0.39, 0.29) is 11.8 Å². The lowest BCUT2D eigenvalue weighted by Gasteiger charge is -2.32. The molecule has 1 fully saturated rings. The molecular weight excluding hydrogens is 216 g/mol. The SMILES string of the molecule is Cc1ccc(C(=O)CC(C)N2CCNCC2)o1. The second-order valence-electron chi connectivity index (χ2n) is 4.67. The summed E-state index contributed by atoms with van der Waals surface area (Å²) < 4.78 is 5.35. The first kappa shape index (κ1) is 12.3. The Kier molecular flexibility index (Phi) is 3.97. The maximum Gasteiger partial charge on any atom is 0.199 e. The molecule has 0 spiro atoms. The van der Waals surface area contributed by atoms with Gasteiger partial charge in [-0.05, 0) is 26.0 Å². The van der Waals surface area contributed by atoms with Crippen LogP contribution in [0.1, 0.15) is 29.7 Å². The van der Waals surface area contributed by atoms with Crippen LogP contribution in [0.3, 0.4) is 0 Å². The summed E-state index contributed by atoms with van der Waals surface area (Å²) >= 11 is 0. The molecule has 0 radical (unpaired) electrons. The average Bonchev–Trinajstić information content (AvgIpc) is 2.77. The zero-order chi connectivity index (χ0) is 12.3. The fourth-order valence-corrected chi connectivity index (χ4v) is 2.21. The lowest BCUT2D eigenvalue weighted by atomic mass is 10.1. The maximum absolute atomic E-state index is 12.0. The number of furan rings is 1. The topological polar surface area (TPSA) is 45.5 Å². The number of carbonyl (C=O) groups excluding carboxylic acids is 1. The first-order valence-electron chi connectivity index (χ1n) is 6.21. The largest absolute Gasteiger partial charge is 0.458 e. The van der Waals surface area contributed by atoms with Crippen LogP contribution in [0.25, 0.3) is 0 Å². The number of nitrogens with zero attached hydrogens (tertiary/aromatic N) is 1. The molecule has 4 nitrogen and oxygen atoms in total. The van der Waals surface area contributed by atoms with E-state index in [2.05, 4.69) is 17.1 Å². The minimum Gasteiger partial charge on any atom is -0.458 e. The van der Waals surface area contributed by atoms with Crippen molar-refractivity contribution in [3.8, 4) is 0 Å². The maximum atomic E-state index is 12.0. The van der Waals surface area contributed by atoms with Crippen LogP contribution in [-0.4, -0.2) is 42.9 Å². The van der Waals surface area contributed by atoms with E-state index in [4.69, 9.17) is 4.42 Å². The Morgan fingerprint density at radius 2 is 2.18 bits per heavy atom. The molecule has 1 saturated heterocycles. The number of Topliss-reactive ketones (excluding diaryl/α,β-unsaturated/α-hetero) is 1. The van der Waals surface area contributed by atoms with Crippen LogP contribution >= 0.6 is 0 Å². The van der Waals surface area contributed by atoms with E-state index in [1.165, 1.54) is 0 Å². The lowest BCUT2D eigenvalue weighted by Crippen LogP contribution is -2.47. The highest BCUT2D eigenvalue weighted by Gasteiger charge is 2.20. The minimum absolute atomic E-state index is 0.101. The van der Waals surface area contributed by atoms with Gasteiger partial charge < -0.3 is 9.73 Å². The normalized spacial score (nSPS) is 19.2. The summed E-state index contributed by atoms with van der Waals surface area (Å²) in [5.41, 5.74) is 0. The third kappa shape index (κ3) is 3.17. The van der Waals surface area contributed by atoms with Crippen LogP contribution in [0.5, 0.6) is 0 Å². The number of hydrogen-bond acceptors (Lipinski definition) is 4. The Bertz CT molecular complexity index is 381. The predicted molar refractivity (Wildman–Crippen MR) is 66.3 cm³/mol. The Morgan fingerprint density at radius 3 is 2.76 bits per heavy atom. The highest BCUT2D eigenvalue weighted by atomic mass is 16.3. The van der Waals surface area contributed by atoms with E-state index in [1.54, 1.807) is 6.07 Å². The van der Waals surface area contributed by atoms with E-state index in [0.717, 1.165) is 31.9 Å². The van der Waals surface area contributed by atoms with Crippen molar-refractivity contribution in [1.82, 2.24) is 10.2 Å². The Morgan fingerprint density at radius 1 is 1.47 bits per heavy atom. The first-order chi connectivity index (χ1) is 8.16. The number of nitrogens with one attached hydrogen (secondary N) is 1. The van der Waals surface area contributed by atoms with E-state index in [0.29, 0.717) is 12.2 Å². The van der Waals surface area contributed by atoms with Crippen molar-refractivity contribution in [2.24, 2.45) is 0 Å². The van der Waals surface area contributed by atoms with Gasteiger partial charge in [0.25, 0.3) is 0 Å². The molecule has 0 amide bonds. The van der Waals surface area contributed by atoms with Gasteiger partial charge in [-0.25, -0.2) is 0 Å². The molecule has 2 heterocycles. The molecule has 1 aliphatic heterocycles. The van der Waals surface area contributed by atoms with Crippen LogP contribution in [0.15, 0.2) is 16.5 Å². The predicted octanol–water partition coefficient (Wildman–Crippen LogP) is 1.45. The molecule has 1 aliphatic rings. The monoisotopic (exact) mass is 236 g/mol. The zero-order valence-electron chi connectivity index (χ0n) is 10.5. The number of ketones is 1. The highest BCUT2D eigenvalue weighted by Crippen LogP contribution is 2.13. The minimum atomic E-state index is 0.101. The molecule has 0 aromatic carbocycles. The molecule has 0 bridgehead atoms. The Labute approximate surface area is 102 Å². The second kappa shape index (κ2) is 5.47. The van der Waals surface area contributed by atoms with Crippen molar-refractivity contribution in [3.05, 3.63) is 23.7 Å². The van der Waals surface area contributed by atoms with E-state index < -0.39 is 0 Å². The third-order valence-electron chi connectivity index (χ3n) is 3.27. The Hall–Kier alpha value is -1.13. The number of piperazine rings is 1. The molecule has 1 atom stereocenters. The van der Waals surface area contributed by atoms with Gasteiger partial charge in [0.2, 0.25) is 0 Å². The summed E-state index contributed by atoms with van der Waals surface area (Å²) in [6.45, 7) is 8.03. The third-order valence-corrected chi connectivity index (χ3v) is 3.27. The van der Waals surface area contributed by atoms with Gasteiger partial charge >= 0.3 is 0 Å². The summed E-state index contributed by atoms with van der Waals surface area (Å²) in [5.74, 6) is 1.39. The summed E-state index contributed by atoms with van der Waals surface area (Å²) in [6.07, 6.45) is 0.535. The van der Waals surface area contributed by atoms with Crippen molar-refractivity contribution in [1.29, 1.82) is 0 Å². The molecule has 1 unspecified atom stereocenters. The van der Waals surface area contributed by atoms with Crippen LogP contribution in [-0.2, 0) is 0 Å². The number of aryl methyl sites for hydroxylation is 1. The van der Waals surface area contributed by atoms with Crippen molar-refractivity contribution in [2.75, 3.05) is 26.2 Å². The summed E-state index contributed by atoms with van der Waals surface area (Å²) in [5, 5.41) is 3.31. The van der Waals surface area contributed by atoms with Gasteiger partial charge in [-0.1, -0.05) is 0 Å². The van der Waals surface area contributed by atoms with Crippen LogP contribution < -0.4 is 5.32 Å². The van der Waals surface area contributed by atoms with Gasteiger partial charge in [0.1, 0.15) is 5.76 Å². The average molecular weight is 236 g/mol. The molecule has 1 N–H and O–H groups in total. The molecular formula is C13H20N2O2. The summed E-state index contributed by atoms with van der Waals surface area (Å²) in [6, 6.07) is 3.89. The molecule has 17 heavy (non-hydrogen) atoms. The summed E-state index contributed by atoms with van der Waals surface area (Å²) in [4.78, 5) is 14.3. The zero-order valence-corrected chi connectivity index (χ0v) is 10.5. The van der Waals surface area contributed by atoms with Gasteiger partial charge in [-0.3, -0.25) is 9.69 Å². The van der Waals surface area contributed by atoms with Gasteiger partial charge in [-0.15, -0.1) is 0 Å². The smallest absolute Gasteiger partial charge is 0.199 e. The van der Waals surface area contributed by atoms with Crippen LogP contribution in [0.4, 0.5) is 0 Å². The Balaban J connectivity index is 1.89. The molecule has 1 aromatic heterocycles. The molecule has 2 rings (SSSR count). The van der Waals surface area contributed by atoms with Crippen molar-refractivity contribution < 1.29 is 9.21 Å². The van der Waals surface area contributed by atoms with E-state index in [1.807, 2.05) is 13.0 Å². The van der Waals surface area contributed by atoms with Crippen molar-refractivity contribution >= 4 is 5.78 Å². The van der Waals surface area contributed by atoms with E-state index >= 15 is 0 Å². The number of carbonyl (C=O) groups is 1. The van der Waals surface area contributed by atoms with Gasteiger partial charge in [0, 0.05) is 38.6 Å². The fraction of sp³-hybridized carbons (Fsp3) is 0.615. The quantitative estimate of drug-likeness (QED) is 0.804.